The normalized spacial score (nSPS) is 10.7. The molecular weight excluding hydrogens is 218 g/mol. The Labute approximate surface area is 90.4 Å². The maximum Gasteiger partial charge on any atom is 0.303 e. The summed E-state index contributed by atoms with van der Waals surface area (Å²) in [4.78, 5) is 10.4. The fraction of sp³-hybridized carbons (Fsp3) is 0.200. The van der Waals surface area contributed by atoms with Crippen molar-refractivity contribution in [3.05, 3.63) is 29.0 Å². The number of nitrogens with zero attached hydrogens (tertiary/aromatic N) is 1. The summed E-state index contributed by atoms with van der Waals surface area (Å²) in [6.07, 6.45) is 0.350. The first kappa shape index (κ1) is 9.98. The summed E-state index contributed by atoms with van der Waals surface area (Å²) in [5, 5.41) is 13.7. The van der Waals surface area contributed by atoms with Crippen LogP contribution in [0.1, 0.15) is 12.2 Å². The van der Waals surface area contributed by atoms with Crippen LogP contribution >= 0.6 is 11.6 Å². The minimum Gasteiger partial charge on any atom is -0.481 e. The number of carboxylic acid groups (broad SMARTS) is 1. The van der Waals surface area contributed by atoms with Crippen molar-refractivity contribution in [1.82, 2.24) is 5.16 Å². The lowest BCUT2D eigenvalue weighted by molar-refractivity contribution is -0.137. The van der Waals surface area contributed by atoms with Gasteiger partial charge in [-0.3, -0.25) is 4.79 Å². The second-order valence-corrected chi connectivity index (χ2v) is 3.60. The van der Waals surface area contributed by atoms with E-state index in [-0.39, 0.29) is 6.42 Å². The summed E-state index contributed by atoms with van der Waals surface area (Å²) < 4.78 is 5.05. The van der Waals surface area contributed by atoms with Gasteiger partial charge in [0, 0.05) is 16.8 Å². The van der Waals surface area contributed by atoms with Crippen molar-refractivity contribution in [2.45, 2.75) is 12.8 Å². The topological polar surface area (TPSA) is 63.3 Å². The number of hydrogen-bond acceptors (Lipinski definition) is 3. The number of aryl methyl sites for hydroxylation is 1. The second kappa shape index (κ2) is 3.90. The van der Waals surface area contributed by atoms with Gasteiger partial charge in [0.05, 0.1) is 6.42 Å². The van der Waals surface area contributed by atoms with Crippen LogP contribution in [0.4, 0.5) is 0 Å². The van der Waals surface area contributed by atoms with Crippen molar-refractivity contribution in [2.75, 3.05) is 0 Å². The Hall–Kier alpha value is -1.55. The SMILES string of the molecule is O=C(O)CCc1onc2ccc(Cl)cc12. The number of hydrogen-bond donors (Lipinski definition) is 1. The van der Waals surface area contributed by atoms with Crippen LogP contribution in [0.25, 0.3) is 10.9 Å². The number of halogens is 1. The molecule has 15 heavy (non-hydrogen) atoms. The molecule has 2 rings (SSSR count). The molecule has 0 fully saturated rings. The van der Waals surface area contributed by atoms with Gasteiger partial charge in [-0.2, -0.15) is 0 Å². The van der Waals surface area contributed by atoms with Crippen LogP contribution in [0.3, 0.4) is 0 Å². The predicted octanol–water partition coefficient (Wildman–Crippen LogP) is 2.50. The molecule has 1 aromatic heterocycles. The standard InChI is InChI=1S/C10H8ClNO3/c11-6-1-2-8-7(5-6)9(15-12-8)3-4-10(13)14/h1-2,5H,3-4H2,(H,13,14). The minimum absolute atomic E-state index is 0.0246. The number of fused-ring (bicyclic) bond motifs is 1. The van der Waals surface area contributed by atoms with Crippen molar-refractivity contribution in [3.8, 4) is 0 Å². The molecule has 2 aromatic rings. The molecule has 1 aromatic carbocycles. The van der Waals surface area contributed by atoms with E-state index in [1.807, 2.05) is 0 Å². The first-order valence-corrected chi connectivity index (χ1v) is 4.80. The molecule has 0 atom stereocenters. The molecule has 0 bridgehead atoms. The molecular formula is C10H8ClNO3. The maximum absolute atomic E-state index is 10.4. The van der Waals surface area contributed by atoms with E-state index in [1.54, 1.807) is 18.2 Å². The molecule has 0 saturated carbocycles. The van der Waals surface area contributed by atoms with Crippen LogP contribution in [0.5, 0.6) is 0 Å². The van der Waals surface area contributed by atoms with Crippen LogP contribution in [-0.4, -0.2) is 16.2 Å². The summed E-state index contributed by atoms with van der Waals surface area (Å²) in [6, 6.07) is 5.18. The van der Waals surface area contributed by atoms with Crippen molar-refractivity contribution < 1.29 is 14.4 Å². The molecule has 0 aliphatic carbocycles. The van der Waals surface area contributed by atoms with Gasteiger partial charge in [-0.1, -0.05) is 16.8 Å². The van der Waals surface area contributed by atoms with E-state index >= 15 is 0 Å². The molecule has 0 aliphatic rings. The smallest absolute Gasteiger partial charge is 0.303 e. The molecule has 4 nitrogen and oxygen atoms in total. The predicted molar refractivity (Wildman–Crippen MR) is 55.0 cm³/mol. The fourth-order valence-electron chi connectivity index (χ4n) is 1.37. The van der Waals surface area contributed by atoms with E-state index in [2.05, 4.69) is 5.16 Å². The Morgan fingerprint density at radius 2 is 2.33 bits per heavy atom. The Kier molecular flexibility index (Phi) is 2.60. The molecule has 0 spiro atoms. The van der Waals surface area contributed by atoms with Gasteiger partial charge in [-0.15, -0.1) is 0 Å². The average Bonchev–Trinajstić information content (AvgIpc) is 2.57. The molecule has 0 saturated heterocycles. The third kappa shape index (κ3) is 2.10. The van der Waals surface area contributed by atoms with Crippen LogP contribution in [-0.2, 0) is 11.2 Å². The first-order chi connectivity index (χ1) is 7.16. The zero-order valence-corrected chi connectivity index (χ0v) is 8.49. The average molecular weight is 226 g/mol. The number of carboxylic acids is 1. The third-order valence-corrected chi connectivity index (χ3v) is 2.31. The zero-order chi connectivity index (χ0) is 10.8. The van der Waals surface area contributed by atoms with Gasteiger partial charge in [0.2, 0.25) is 0 Å². The number of aromatic nitrogens is 1. The Balaban J connectivity index is 2.35. The van der Waals surface area contributed by atoms with Gasteiger partial charge in [0.15, 0.2) is 0 Å². The molecule has 1 N–H and O–H groups in total. The highest BCUT2D eigenvalue weighted by atomic mass is 35.5. The van der Waals surface area contributed by atoms with Crippen molar-refractivity contribution >= 4 is 28.5 Å². The Bertz CT molecular complexity index is 506. The van der Waals surface area contributed by atoms with Crippen LogP contribution in [0, 0.1) is 0 Å². The molecule has 78 valence electrons. The molecule has 0 unspecified atom stereocenters. The van der Waals surface area contributed by atoms with E-state index in [9.17, 15) is 4.79 Å². The van der Waals surface area contributed by atoms with Gasteiger partial charge < -0.3 is 9.63 Å². The lowest BCUT2D eigenvalue weighted by Gasteiger charge is -1.93. The van der Waals surface area contributed by atoms with Gasteiger partial charge in [-0.05, 0) is 18.2 Å². The Morgan fingerprint density at radius 3 is 3.07 bits per heavy atom. The summed E-state index contributed by atoms with van der Waals surface area (Å²) >= 11 is 5.82. The van der Waals surface area contributed by atoms with Crippen LogP contribution < -0.4 is 0 Å². The third-order valence-electron chi connectivity index (χ3n) is 2.08. The van der Waals surface area contributed by atoms with E-state index in [1.165, 1.54) is 0 Å². The fourth-order valence-corrected chi connectivity index (χ4v) is 1.54. The lowest BCUT2D eigenvalue weighted by atomic mass is 10.1. The first-order valence-electron chi connectivity index (χ1n) is 4.42. The highest BCUT2D eigenvalue weighted by Gasteiger charge is 2.10. The largest absolute Gasteiger partial charge is 0.481 e. The van der Waals surface area contributed by atoms with E-state index < -0.39 is 5.97 Å². The van der Waals surface area contributed by atoms with Gasteiger partial charge in [-0.25, -0.2) is 0 Å². The maximum atomic E-state index is 10.4. The lowest BCUT2D eigenvalue weighted by Crippen LogP contribution is -1.96. The molecule has 0 amide bonds. The number of carbonyl (C=O) groups is 1. The summed E-state index contributed by atoms with van der Waals surface area (Å²) in [5.41, 5.74) is 0.694. The monoisotopic (exact) mass is 225 g/mol. The molecule has 0 radical (unpaired) electrons. The minimum atomic E-state index is -0.860. The Morgan fingerprint density at radius 1 is 1.53 bits per heavy atom. The van der Waals surface area contributed by atoms with Crippen molar-refractivity contribution in [1.29, 1.82) is 0 Å². The highest BCUT2D eigenvalue weighted by molar-refractivity contribution is 6.31. The second-order valence-electron chi connectivity index (χ2n) is 3.16. The van der Waals surface area contributed by atoms with E-state index in [4.69, 9.17) is 21.2 Å². The molecule has 1 heterocycles. The van der Waals surface area contributed by atoms with Crippen LogP contribution in [0.15, 0.2) is 22.7 Å². The van der Waals surface area contributed by atoms with E-state index in [0.29, 0.717) is 22.7 Å². The summed E-state index contributed by atoms with van der Waals surface area (Å²) in [5.74, 6) is -0.295. The summed E-state index contributed by atoms with van der Waals surface area (Å²) in [6.45, 7) is 0. The van der Waals surface area contributed by atoms with Crippen molar-refractivity contribution in [3.63, 3.8) is 0 Å². The van der Waals surface area contributed by atoms with Crippen LogP contribution in [0.2, 0.25) is 5.02 Å². The number of rotatable bonds is 3. The van der Waals surface area contributed by atoms with Gasteiger partial charge >= 0.3 is 5.97 Å². The number of aliphatic carboxylic acids is 1. The number of benzene rings is 1. The quantitative estimate of drug-likeness (QED) is 0.872. The van der Waals surface area contributed by atoms with Crippen molar-refractivity contribution in [2.24, 2.45) is 0 Å². The van der Waals surface area contributed by atoms with E-state index in [0.717, 1.165) is 5.39 Å². The molecule has 0 aliphatic heterocycles. The van der Waals surface area contributed by atoms with Gasteiger partial charge in [0.25, 0.3) is 0 Å². The highest BCUT2D eigenvalue weighted by Crippen LogP contribution is 2.23. The molecule has 5 heteroatoms. The summed E-state index contributed by atoms with van der Waals surface area (Å²) in [7, 11) is 0. The zero-order valence-electron chi connectivity index (χ0n) is 7.74. The van der Waals surface area contributed by atoms with Gasteiger partial charge in [0.1, 0.15) is 11.3 Å².